The summed E-state index contributed by atoms with van der Waals surface area (Å²) in [4.78, 5) is 26.2. The molecule has 0 aliphatic carbocycles. The van der Waals surface area contributed by atoms with Crippen LogP contribution >= 0.6 is 0 Å². The molecule has 0 amide bonds. The number of aromatic amines is 2. The van der Waals surface area contributed by atoms with E-state index in [1.165, 1.54) is 0 Å². The number of hydrogen-bond acceptors (Lipinski definition) is 6. The van der Waals surface area contributed by atoms with Crippen molar-refractivity contribution in [1.82, 2.24) is 40.1 Å². The first-order chi connectivity index (χ1) is 14.9. The van der Waals surface area contributed by atoms with Gasteiger partial charge in [-0.15, -0.1) is 0 Å². The molecule has 0 unspecified atom stereocenters. The largest absolute Gasteiger partial charge is 0.336 e. The van der Waals surface area contributed by atoms with E-state index in [-0.39, 0.29) is 0 Å². The first kappa shape index (κ1) is 16.5. The lowest BCUT2D eigenvalue weighted by Crippen LogP contribution is -1.89. The number of H-pyrrole nitrogens is 2. The molecular formula is C22H14N8. The molecule has 0 saturated carbocycles. The van der Waals surface area contributed by atoms with Crippen LogP contribution in [0.25, 0.3) is 56.4 Å². The Labute approximate surface area is 170 Å². The molecule has 0 fully saturated rings. The Kier molecular flexibility index (Phi) is 3.60. The highest BCUT2D eigenvalue weighted by molar-refractivity contribution is 5.94. The SMILES string of the molecule is c1ccc(-c2ccc3[nH]nc(-c4nc5c(-c6ccccn6)nccc5[nH]4)c3n2)nc1. The van der Waals surface area contributed by atoms with Crippen molar-refractivity contribution in [3.8, 4) is 34.3 Å². The summed E-state index contributed by atoms with van der Waals surface area (Å²) in [6.45, 7) is 0. The van der Waals surface area contributed by atoms with Crippen LogP contribution < -0.4 is 0 Å². The van der Waals surface area contributed by atoms with E-state index in [2.05, 4.69) is 30.1 Å². The van der Waals surface area contributed by atoms with Crippen LogP contribution in [0.4, 0.5) is 0 Å². The average Bonchev–Trinajstić information content (AvgIpc) is 3.43. The third-order valence-corrected chi connectivity index (χ3v) is 4.87. The number of nitrogens with zero attached hydrogens (tertiary/aromatic N) is 6. The van der Waals surface area contributed by atoms with E-state index in [1.54, 1.807) is 18.6 Å². The number of aromatic nitrogens is 8. The average molecular weight is 390 g/mol. The molecule has 30 heavy (non-hydrogen) atoms. The van der Waals surface area contributed by atoms with Crippen LogP contribution in [0.5, 0.6) is 0 Å². The second-order valence-electron chi connectivity index (χ2n) is 6.74. The molecular weight excluding hydrogens is 376 g/mol. The van der Waals surface area contributed by atoms with Gasteiger partial charge in [-0.3, -0.25) is 20.1 Å². The van der Waals surface area contributed by atoms with Crippen molar-refractivity contribution in [1.29, 1.82) is 0 Å². The highest BCUT2D eigenvalue weighted by Gasteiger charge is 2.17. The molecule has 6 aromatic heterocycles. The van der Waals surface area contributed by atoms with E-state index < -0.39 is 0 Å². The Morgan fingerprint density at radius 3 is 2.17 bits per heavy atom. The number of rotatable bonds is 3. The van der Waals surface area contributed by atoms with Crippen molar-refractivity contribution in [3.63, 3.8) is 0 Å². The molecule has 0 aliphatic rings. The van der Waals surface area contributed by atoms with Crippen molar-refractivity contribution in [2.75, 3.05) is 0 Å². The van der Waals surface area contributed by atoms with Gasteiger partial charge >= 0.3 is 0 Å². The van der Waals surface area contributed by atoms with Crippen LogP contribution in [0.1, 0.15) is 0 Å². The lowest BCUT2D eigenvalue weighted by molar-refractivity contribution is 1.10. The van der Waals surface area contributed by atoms with E-state index >= 15 is 0 Å². The number of pyridine rings is 4. The van der Waals surface area contributed by atoms with Gasteiger partial charge in [0, 0.05) is 18.6 Å². The maximum absolute atomic E-state index is 4.79. The van der Waals surface area contributed by atoms with Crippen molar-refractivity contribution in [3.05, 3.63) is 73.2 Å². The fraction of sp³-hybridized carbons (Fsp3) is 0. The zero-order valence-corrected chi connectivity index (χ0v) is 15.6. The summed E-state index contributed by atoms with van der Waals surface area (Å²) in [5, 5.41) is 7.50. The normalized spacial score (nSPS) is 11.3. The summed E-state index contributed by atoms with van der Waals surface area (Å²) < 4.78 is 0. The van der Waals surface area contributed by atoms with Crippen molar-refractivity contribution in [2.24, 2.45) is 0 Å². The van der Waals surface area contributed by atoms with E-state index in [4.69, 9.17) is 9.97 Å². The smallest absolute Gasteiger partial charge is 0.161 e. The molecule has 2 N–H and O–H groups in total. The van der Waals surface area contributed by atoms with E-state index in [0.717, 1.165) is 44.8 Å². The fourth-order valence-electron chi connectivity index (χ4n) is 3.46. The molecule has 0 radical (unpaired) electrons. The number of hydrogen-bond donors (Lipinski definition) is 2. The van der Waals surface area contributed by atoms with Crippen LogP contribution in [0.3, 0.4) is 0 Å². The predicted molar refractivity (Wildman–Crippen MR) is 113 cm³/mol. The summed E-state index contributed by atoms with van der Waals surface area (Å²) >= 11 is 0. The zero-order valence-electron chi connectivity index (χ0n) is 15.6. The molecule has 0 spiro atoms. The second-order valence-corrected chi connectivity index (χ2v) is 6.74. The maximum Gasteiger partial charge on any atom is 0.161 e. The van der Waals surface area contributed by atoms with E-state index in [0.29, 0.717) is 11.5 Å². The third-order valence-electron chi connectivity index (χ3n) is 4.87. The van der Waals surface area contributed by atoms with Gasteiger partial charge in [0.05, 0.1) is 28.1 Å². The number of fused-ring (bicyclic) bond motifs is 2. The Morgan fingerprint density at radius 2 is 1.37 bits per heavy atom. The van der Waals surface area contributed by atoms with Crippen molar-refractivity contribution in [2.45, 2.75) is 0 Å². The van der Waals surface area contributed by atoms with Crippen molar-refractivity contribution >= 4 is 22.1 Å². The van der Waals surface area contributed by atoms with E-state index in [1.807, 2.05) is 54.6 Å². The standard InChI is InChI=1S/C22H14N8/c1-3-10-23-13(5-1)14-7-8-17-20(26-14)21(30-29-17)22-27-16-9-12-25-18(19(16)28-22)15-6-2-4-11-24-15/h1-12H,(H,27,28)(H,29,30). The van der Waals surface area contributed by atoms with Gasteiger partial charge < -0.3 is 4.98 Å². The van der Waals surface area contributed by atoms with Gasteiger partial charge in [-0.1, -0.05) is 12.1 Å². The van der Waals surface area contributed by atoms with Crippen molar-refractivity contribution < 1.29 is 0 Å². The molecule has 8 heteroatoms. The Balaban J connectivity index is 1.52. The number of imidazole rings is 1. The molecule has 0 aromatic carbocycles. The minimum Gasteiger partial charge on any atom is -0.336 e. The maximum atomic E-state index is 4.79. The quantitative estimate of drug-likeness (QED) is 0.472. The molecule has 0 aliphatic heterocycles. The molecule has 6 rings (SSSR count). The van der Waals surface area contributed by atoms with E-state index in [9.17, 15) is 0 Å². The van der Waals surface area contributed by atoms with Gasteiger partial charge in [-0.05, 0) is 42.5 Å². The Bertz CT molecular complexity index is 1490. The van der Waals surface area contributed by atoms with Gasteiger partial charge in [0.1, 0.15) is 16.7 Å². The Hall–Kier alpha value is -4.46. The lowest BCUT2D eigenvalue weighted by atomic mass is 10.2. The Morgan fingerprint density at radius 1 is 0.567 bits per heavy atom. The third kappa shape index (κ3) is 2.62. The van der Waals surface area contributed by atoms with Gasteiger partial charge in [-0.25, -0.2) is 9.97 Å². The van der Waals surface area contributed by atoms with Gasteiger partial charge in [0.25, 0.3) is 0 Å². The van der Waals surface area contributed by atoms with Crippen LogP contribution in [0.15, 0.2) is 73.2 Å². The molecule has 0 bridgehead atoms. The fourth-order valence-corrected chi connectivity index (χ4v) is 3.46. The monoisotopic (exact) mass is 390 g/mol. The van der Waals surface area contributed by atoms with Gasteiger partial charge in [0.2, 0.25) is 0 Å². The van der Waals surface area contributed by atoms with Gasteiger partial charge in [-0.2, -0.15) is 5.10 Å². The van der Waals surface area contributed by atoms with Gasteiger partial charge in [0.15, 0.2) is 11.5 Å². The molecule has 142 valence electrons. The number of nitrogens with one attached hydrogen (secondary N) is 2. The minimum absolute atomic E-state index is 0.618. The minimum atomic E-state index is 0.618. The molecule has 6 aromatic rings. The van der Waals surface area contributed by atoms with Crippen LogP contribution in [-0.2, 0) is 0 Å². The predicted octanol–water partition coefficient (Wildman–Crippen LogP) is 4.02. The molecule has 0 atom stereocenters. The highest BCUT2D eigenvalue weighted by atomic mass is 15.2. The highest BCUT2D eigenvalue weighted by Crippen LogP contribution is 2.29. The molecule has 6 heterocycles. The van der Waals surface area contributed by atoms with Crippen LogP contribution in [-0.4, -0.2) is 40.1 Å². The summed E-state index contributed by atoms with van der Waals surface area (Å²) in [7, 11) is 0. The summed E-state index contributed by atoms with van der Waals surface area (Å²) in [5.74, 6) is 0.618. The summed E-state index contributed by atoms with van der Waals surface area (Å²) in [5.41, 5.74) is 6.86. The second kappa shape index (κ2) is 6.56. The zero-order chi connectivity index (χ0) is 19.9. The topological polar surface area (TPSA) is 109 Å². The van der Waals surface area contributed by atoms with Crippen LogP contribution in [0, 0.1) is 0 Å². The summed E-state index contributed by atoms with van der Waals surface area (Å²) in [6, 6.07) is 17.2. The van der Waals surface area contributed by atoms with Crippen LogP contribution in [0.2, 0.25) is 0 Å². The first-order valence-electron chi connectivity index (χ1n) is 9.40. The summed E-state index contributed by atoms with van der Waals surface area (Å²) in [6.07, 6.45) is 5.24. The first-order valence-corrected chi connectivity index (χ1v) is 9.40. The molecule has 8 nitrogen and oxygen atoms in total. The lowest BCUT2D eigenvalue weighted by Gasteiger charge is -2.00. The molecule has 0 saturated heterocycles.